The van der Waals surface area contributed by atoms with Crippen LogP contribution in [0.15, 0.2) is 0 Å². The van der Waals surface area contributed by atoms with E-state index in [9.17, 15) is 13.5 Å². The van der Waals surface area contributed by atoms with E-state index in [1.807, 2.05) is 0 Å². The third kappa shape index (κ3) is 4.37. The molecule has 0 saturated heterocycles. The average Bonchev–Trinajstić information content (AvgIpc) is 3.06. The zero-order valence-electron chi connectivity index (χ0n) is 20.8. The summed E-state index contributed by atoms with van der Waals surface area (Å²) >= 11 is 0. The quantitative estimate of drug-likeness (QED) is 0.427. The number of rotatable bonds is 8. The number of fused-ring (bicyclic) bond motifs is 3. The van der Waals surface area contributed by atoms with Crippen molar-refractivity contribution in [2.45, 2.75) is 105 Å². The Morgan fingerprint density at radius 3 is 2.26 bits per heavy atom. The molecular formula is C26H48O4S. The van der Waals surface area contributed by atoms with Crippen molar-refractivity contribution in [2.24, 2.45) is 52.3 Å². The summed E-state index contributed by atoms with van der Waals surface area (Å²) in [6, 6.07) is 0. The van der Waals surface area contributed by atoms with Gasteiger partial charge in [-0.15, -0.1) is 0 Å². The van der Waals surface area contributed by atoms with Crippen LogP contribution in [0.5, 0.6) is 0 Å². The van der Waals surface area contributed by atoms with E-state index >= 15 is 0 Å². The standard InChI is InChI=1S/C26H48O4S/c1-7-18-15-19-22-13-12-21(17(4)11-10-14-31(28,29)30)26(22,6)24(27)16-23(19)25(5,9-3)20(18)8-2/h17-24,27H,7-16H2,1-6H3,(H,28,29,30)/t17-,18+,19?,20+,21-,22?,23?,24+,25+,26?/m1/s1. The largest absolute Gasteiger partial charge is 0.393 e. The molecule has 3 aliphatic carbocycles. The van der Waals surface area contributed by atoms with Gasteiger partial charge in [-0.25, -0.2) is 0 Å². The number of hydrogen-bond donors (Lipinski definition) is 2. The van der Waals surface area contributed by atoms with Crippen LogP contribution in [0.1, 0.15) is 99.3 Å². The minimum absolute atomic E-state index is 0.0648. The highest BCUT2D eigenvalue weighted by molar-refractivity contribution is 7.85. The maximum absolute atomic E-state index is 11.6. The summed E-state index contributed by atoms with van der Waals surface area (Å²) in [5.41, 5.74) is 0.254. The molecule has 0 bridgehead atoms. The molecule has 0 amide bonds. The highest BCUT2D eigenvalue weighted by atomic mass is 32.2. The van der Waals surface area contributed by atoms with Crippen LogP contribution < -0.4 is 0 Å². The van der Waals surface area contributed by atoms with E-state index in [1.165, 1.54) is 32.1 Å². The lowest BCUT2D eigenvalue weighted by molar-refractivity contribution is -0.175. The van der Waals surface area contributed by atoms with Gasteiger partial charge in [0.1, 0.15) is 0 Å². The number of aliphatic hydroxyl groups is 1. The van der Waals surface area contributed by atoms with Crippen molar-refractivity contribution >= 4 is 10.1 Å². The Kier molecular flexibility index (Phi) is 7.61. The SMILES string of the molecule is CC[C@H]1CC2C3CC[C@H]([C@H](C)CCCS(=O)(=O)O)C3(C)[C@@H](O)CC2[C@@](C)(CC)[C@H]1CC. The average molecular weight is 457 g/mol. The highest BCUT2D eigenvalue weighted by Gasteiger charge is 2.63. The second-order valence-corrected chi connectivity index (χ2v) is 13.4. The van der Waals surface area contributed by atoms with E-state index in [0.717, 1.165) is 31.1 Å². The molecule has 31 heavy (non-hydrogen) atoms. The summed E-state index contributed by atoms with van der Waals surface area (Å²) in [6.07, 6.45) is 9.36. The molecule has 4 nitrogen and oxygen atoms in total. The van der Waals surface area contributed by atoms with Crippen molar-refractivity contribution in [3.63, 3.8) is 0 Å². The van der Waals surface area contributed by atoms with Crippen LogP contribution in [0.25, 0.3) is 0 Å². The predicted octanol–water partition coefficient (Wildman–Crippen LogP) is 6.19. The van der Waals surface area contributed by atoms with Crippen LogP contribution in [-0.4, -0.2) is 29.9 Å². The molecule has 4 unspecified atom stereocenters. The van der Waals surface area contributed by atoms with E-state index in [0.29, 0.717) is 41.4 Å². The van der Waals surface area contributed by atoms with Gasteiger partial charge < -0.3 is 5.11 Å². The Hall–Kier alpha value is -0.130. The summed E-state index contributed by atoms with van der Waals surface area (Å²) in [7, 11) is -3.89. The smallest absolute Gasteiger partial charge is 0.264 e. The maximum atomic E-state index is 11.6. The molecule has 0 heterocycles. The first kappa shape index (κ1) is 25.5. The first-order chi connectivity index (χ1) is 14.4. The van der Waals surface area contributed by atoms with Crippen LogP contribution in [0.4, 0.5) is 0 Å². The molecule has 0 aromatic carbocycles. The Morgan fingerprint density at radius 1 is 1.03 bits per heavy atom. The van der Waals surface area contributed by atoms with Crippen LogP contribution in [0.2, 0.25) is 0 Å². The predicted molar refractivity (Wildman–Crippen MR) is 127 cm³/mol. The van der Waals surface area contributed by atoms with Crippen molar-refractivity contribution in [1.82, 2.24) is 0 Å². The Bertz CT molecular complexity index is 721. The van der Waals surface area contributed by atoms with Crippen LogP contribution in [0, 0.1) is 52.3 Å². The molecule has 5 heteroatoms. The summed E-state index contributed by atoms with van der Waals surface area (Å²) in [5.74, 6) is 4.11. The molecule has 10 atom stereocenters. The van der Waals surface area contributed by atoms with Gasteiger partial charge in [0.15, 0.2) is 0 Å². The summed E-state index contributed by atoms with van der Waals surface area (Å²) in [5, 5.41) is 11.6. The van der Waals surface area contributed by atoms with E-state index in [2.05, 4.69) is 41.5 Å². The first-order valence-corrected chi connectivity index (χ1v) is 14.7. The fraction of sp³-hybridized carbons (Fsp3) is 1.00. The normalized spacial score (nSPS) is 46.4. The summed E-state index contributed by atoms with van der Waals surface area (Å²) in [4.78, 5) is 0. The lowest BCUT2D eigenvalue weighted by atomic mass is 9.43. The highest BCUT2D eigenvalue weighted by Crippen LogP contribution is 2.68. The topological polar surface area (TPSA) is 74.6 Å². The van der Waals surface area contributed by atoms with Gasteiger partial charge in [-0.2, -0.15) is 8.42 Å². The van der Waals surface area contributed by atoms with Crippen molar-refractivity contribution in [2.75, 3.05) is 5.75 Å². The second-order valence-electron chi connectivity index (χ2n) is 11.9. The van der Waals surface area contributed by atoms with Crippen LogP contribution in [0.3, 0.4) is 0 Å². The second kappa shape index (κ2) is 9.25. The molecule has 0 aliphatic heterocycles. The summed E-state index contributed by atoms with van der Waals surface area (Å²) < 4.78 is 31.4. The van der Waals surface area contributed by atoms with Gasteiger partial charge in [0.2, 0.25) is 0 Å². The Balaban J connectivity index is 1.84. The molecule has 0 spiro atoms. The Labute approximate surface area is 191 Å². The molecule has 3 saturated carbocycles. The lowest BCUT2D eigenvalue weighted by Gasteiger charge is -2.63. The van der Waals surface area contributed by atoms with Crippen molar-refractivity contribution in [3.05, 3.63) is 0 Å². The first-order valence-electron chi connectivity index (χ1n) is 13.1. The maximum Gasteiger partial charge on any atom is 0.264 e. The molecule has 182 valence electrons. The third-order valence-electron chi connectivity index (χ3n) is 10.9. The van der Waals surface area contributed by atoms with Gasteiger partial charge in [-0.1, -0.05) is 60.8 Å². The van der Waals surface area contributed by atoms with Gasteiger partial charge in [-0.05, 0) is 90.8 Å². The van der Waals surface area contributed by atoms with Crippen molar-refractivity contribution < 1.29 is 18.1 Å². The molecule has 0 radical (unpaired) electrons. The lowest BCUT2D eigenvalue weighted by Crippen LogP contribution is -2.59. The third-order valence-corrected chi connectivity index (χ3v) is 11.7. The van der Waals surface area contributed by atoms with E-state index in [1.54, 1.807) is 0 Å². The molecule has 3 aliphatic rings. The van der Waals surface area contributed by atoms with Crippen LogP contribution in [-0.2, 0) is 10.1 Å². The molecule has 3 fully saturated rings. The molecule has 3 rings (SSSR count). The van der Waals surface area contributed by atoms with Gasteiger partial charge in [0.05, 0.1) is 11.9 Å². The van der Waals surface area contributed by atoms with Crippen LogP contribution >= 0.6 is 0 Å². The molecule has 0 aromatic rings. The fourth-order valence-corrected chi connectivity index (χ4v) is 9.78. The summed E-state index contributed by atoms with van der Waals surface area (Å²) in [6.45, 7) is 14.2. The van der Waals surface area contributed by atoms with Crippen molar-refractivity contribution in [3.8, 4) is 0 Å². The van der Waals surface area contributed by atoms with Gasteiger partial charge in [-0.3, -0.25) is 4.55 Å². The number of aliphatic hydroxyl groups excluding tert-OH is 1. The zero-order chi connectivity index (χ0) is 23.2. The number of hydrogen-bond acceptors (Lipinski definition) is 3. The van der Waals surface area contributed by atoms with Gasteiger partial charge in [0, 0.05) is 0 Å². The fourth-order valence-electron chi connectivity index (χ4n) is 9.25. The van der Waals surface area contributed by atoms with Gasteiger partial charge >= 0.3 is 0 Å². The Morgan fingerprint density at radius 2 is 1.71 bits per heavy atom. The molecular weight excluding hydrogens is 408 g/mol. The van der Waals surface area contributed by atoms with Gasteiger partial charge in [0.25, 0.3) is 10.1 Å². The monoisotopic (exact) mass is 456 g/mol. The zero-order valence-corrected chi connectivity index (χ0v) is 21.6. The van der Waals surface area contributed by atoms with E-state index < -0.39 is 10.1 Å². The minimum atomic E-state index is -3.89. The van der Waals surface area contributed by atoms with E-state index in [-0.39, 0.29) is 17.3 Å². The minimum Gasteiger partial charge on any atom is -0.393 e. The molecule has 0 aromatic heterocycles. The van der Waals surface area contributed by atoms with E-state index in [4.69, 9.17) is 4.55 Å². The molecule has 2 N–H and O–H groups in total. The van der Waals surface area contributed by atoms with Crippen molar-refractivity contribution in [1.29, 1.82) is 0 Å².